The van der Waals surface area contributed by atoms with Gasteiger partial charge in [-0.1, -0.05) is 18.9 Å². The zero-order valence-electron chi connectivity index (χ0n) is 13.2. The Bertz CT molecular complexity index is 282. The molecule has 116 valence electrons. The molecule has 1 aliphatic carbocycles. The third-order valence-electron chi connectivity index (χ3n) is 4.96. The van der Waals surface area contributed by atoms with Crippen molar-refractivity contribution >= 4 is 0 Å². The maximum Gasteiger partial charge on any atom is 0.0644 e. The summed E-state index contributed by atoms with van der Waals surface area (Å²) in [5.41, 5.74) is 0. The molecule has 3 heteroatoms. The van der Waals surface area contributed by atoms with E-state index in [0.29, 0.717) is 6.61 Å². The van der Waals surface area contributed by atoms with Gasteiger partial charge in [-0.05, 0) is 51.1 Å². The Hall–Kier alpha value is -0.380. The topological polar surface area (TPSA) is 24.5 Å². The van der Waals surface area contributed by atoms with E-state index < -0.39 is 0 Å². The Labute approximate surface area is 124 Å². The Morgan fingerprint density at radius 1 is 1.25 bits per heavy atom. The van der Waals surface area contributed by atoms with E-state index in [0.717, 1.165) is 24.5 Å². The highest BCUT2D eigenvalue weighted by atomic mass is 16.5. The average Bonchev–Trinajstić information content (AvgIpc) is 2.48. The van der Waals surface area contributed by atoms with E-state index in [-0.39, 0.29) is 0 Å². The lowest BCUT2D eigenvalue weighted by Crippen LogP contribution is -2.46. The van der Waals surface area contributed by atoms with Crippen LogP contribution in [0.25, 0.3) is 0 Å². The molecule has 1 N–H and O–H groups in total. The summed E-state index contributed by atoms with van der Waals surface area (Å²) in [6.07, 6.45) is 10.1. The summed E-state index contributed by atoms with van der Waals surface area (Å²) in [7, 11) is 2.13. The van der Waals surface area contributed by atoms with Gasteiger partial charge in [-0.25, -0.2) is 0 Å². The van der Waals surface area contributed by atoms with Gasteiger partial charge in [-0.2, -0.15) is 0 Å². The van der Waals surface area contributed by atoms with Crippen molar-refractivity contribution in [3.05, 3.63) is 12.7 Å². The molecule has 0 spiro atoms. The summed E-state index contributed by atoms with van der Waals surface area (Å²) in [4.78, 5) is 2.69. The van der Waals surface area contributed by atoms with E-state index in [9.17, 15) is 0 Å². The number of ether oxygens (including phenoxy) is 1. The molecule has 2 fully saturated rings. The predicted octanol–water partition coefficient (Wildman–Crippen LogP) is 2.68. The van der Waals surface area contributed by atoms with Crippen LogP contribution in [0.1, 0.15) is 38.5 Å². The first-order valence-electron chi connectivity index (χ1n) is 8.41. The SMILES string of the molecule is C=CCOC[C@H]1CCCN(CC2CCCCC2NC)C1. The van der Waals surface area contributed by atoms with Crippen LogP contribution >= 0.6 is 0 Å². The van der Waals surface area contributed by atoms with Gasteiger partial charge in [0.2, 0.25) is 0 Å². The van der Waals surface area contributed by atoms with E-state index in [1.165, 1.54) is 58.2 Å². The molecule has 0 aromatic heterocycles. The van der Waals surface area contributed by atoms with Crippen LogP contribution in [-0.2, 0) is 4.74 Å². The molecule has 1 saturated heterocycles. The van der Waals surface area contributed by atoms with Crippen molar-refractivity contribution in [2.24, 2.45) is 11.8 Å². The number of hydrogen-bond acceptors (Lipinski definition) is 3. The molecule has 1 saturated carbocycles. The average molecular weight is 280 g/mol. The molecule has 2 unspecified atom stereocenters. The fraction of sp³-hybridized carbons (Fsp3) is 0.882. The number of hydrogen-bond donors (Lipinski definition) is 1. The van der Waals surface area contributed by atoms with Crippen molar-refractivity contribution < 1.29 is 4.74 Å². The molecular weight excluding hydrogens is 248 g/mol. The van der Waals surface area contributed by atoms with Crippen LogP contribution in [0.15, 0.2) is 12.7 Å². The summed E-state index contributed by atoms with van der Waals surface area (Å²) in [6.45, 7) is 9.10. The van der Waals surface area contributed by atoms with Crippen LogP contribution < -0.4 is 5.32 Å². The zero-order valence-corrected chi connectivity index (χ0v) is 13.2. The van der Waals surface area contributed by atoms with Gasteiger partial charge in [0, 0.05) is 19.1 Å². The Morgan fingerprint density at radius 2 is 2.10 bits per heavy atom. The predicted molar refractivity (Wildman–Crippen MR) is 85.0 cm³/mol. The maximum absolute atomic E-state index is 5.65. The summed E-state index contributed by atoms with van der Waals surface area (Å²) < 4.78 is 5.65. The molecule has 3 nitrogen and oxygen atoms in total. The third kappa shape index (κ3) is 4.87. The fourth-order valence-corrected chi connectivity index (χ4v) is 3.91. The number of nitrogens with zero attached hydrogens (tertiary/aromatic N) is 1. The lowest BCUT2D eigenvalue weighted by atomic mass is 9.83. The second-order valence-corrected chi connectivity index (χ2v) is 6.53. The normalized spacial score (nSPS) is 32.1. The monoisotopic (exact) mass is 280 g/mol. The molecule has 3 atom stereocenters. The molecule has 2 aliphatic rings. The summed E-state index contributed by atoms with van der Waals surface area (Å²) >= 11 is 0. The van der Waals surface area contributed by atoms with Gasteiger partial charge in [-0.15, -0.1) is 6.58 Å². The van der Waals surface area contributed by atoms with Crippen molar-refractivity contribution in [3.63, 3.8) is 0 Å². The zero-order chi connectivity index (χ0) is 14.2. The van der Waals surface area contributed by atoms with E-state index in [2.05, 4.69) is 23.8 Å². The van der Waals surface area contributed by atoms with Gasteiger partial charge in [0.15, 0.2) is 0 Å². The van der Waals surface area contributed by atoms with Crippen LogP contribution in [0, 0.1) is 11.8 Å². The van der Waals surface area contributed by atoms with Crippen LogP contribution in [0.4, 0.5) is 0 Å². The molecular formula is C17H32N2O. The van der Waals surface area contributed by atoms with E-state index in [1.54, 1.807) is 0 Å². The number of rotatable bonds is 7. The molecule has 20 heavy (non-hydrogen) atoms. The molecule has 0 aromatic rings. The second-order valence-electron chi connectivity index (χ2n) is 6.53. The molecule has 0 radical (unpaired) electrons. The highest BCUT2D eigenvalue weighted by Crippen LogP contribution is 2.27. The second kappa shape index (κ2) is 8.81. The quantitative estimate of drug-likeness (QED) is 0.573. The van der Waals surface area contributed by atoms with Crippen LogP contribution in [0.5, 0.6) is 0 Å². The molecule has 2 rings (SSSR count). The van der Waals surface area contributed by atoms with Crippen LogP contribution in [-0.4, -0.2) is 50.8 Å². The highest BCUT2D eigenvalue weighted by Gasteiger charge is 2.28. The Balaban J connectivity index is 1.75. The number of piperidine rings is 1. The smallest absolute Gasteiger partial charge is 0.0644 e. The van der Waals surface area contributed by atoms with Crippen molar-refractivity contribution in [1.29, 1.82) is 0 Å². The first-order chi connectivity index (χ1) is 9.83. The van der Waals surface area contributed by atoms with E-state index in [4.69, 9.17) is 4.74 Å². The van der Waals surface area contributed by atoms with Crippen molar-refractivity contribution in [2.45, 2.75) is 44.6 Å². The van der Waals surface area contributed by atoms with Crippen LogP contribution in [0.3, 0.4) is 0 Å². The summed E-state index contributed by atoms with van der Waals surface area (Å²) in [5.74, 6) is 1.57. The fourth-order valence-electron chi connectivity index (χ4n) is 3.91. The van der Waals surface area contributed by atoms with Crippen LogP contribution in [0.2, 0.25) is 0 Å². The molecule has 0 aromatic carbocycles. The van der Waals surface area contributed by atoms with Gasteiger partial charge in [0.1, 0.15) is 0 Å². The van der Waals surface area contributed by atoms with Crippen molar-refractivity contribution in [3.8, 4) is 0 Å². The Kier molecular flexibility index (Phi) is 7.05. The molecule has 1 heterocycles. The largest absolute Gasteiger partial charge is 0.377 e. The summed E-state index contributed by atoms with van der Waals surface area (Å²) in [5, 5.41) is 3.53. The van der Waals surface area contributed by atoms with Gasteiger partial charge in [0.05, 0.1) is 13.2 Å². The number of nitrogens with one attached hydrogen (secondary N) is 1. The standard InChI is InChI=1S/C17H32N2O/c1-3-11-20-14-15-7-6-10-19(12-15)13-16-8-4-5-9-17(16)18-2/h3,15-18H,1,4-14H2,2H3/t15-,16?,17?/m0/s1. The first kappa shape index (κ1) is 16.0. The third-order valence-corrected chi connectivity index (χ3v) is 4.96. The minimum Gasteiger partial charge on any atom is -0.377 e. The van der Waals surface area contributed by atoms with Crippen molar-refractivity contribution in [2.75, 3.05) is 39.9 Å². The van der Waals surface area contributed by atoms with Gasteiger partial charge >= 0.3 is 0 Å². The minimum atomic E-state index is 0.695. The lowest BCUT2D eigenvalue weighted by Gasteiger charge is -2.39. The molecule has 1 aliphatic heterocycles. The number of likely N-dealkylation sites (tertiary alicyclic amines) is 1. The molecule has 0 amide bonds. The highest BCUT2D eigenvalue weighted by molar-refractivity contribution is 4.84. The Morgan fingerprint density at radius 3 is 2.90 bits per heavy atom. The van der Waals surface area contributed by atoms with Gasteiger partial charge < -0.3 is 15.0 Å². The van der Waals surface area contributed by atoms with E-state index in [1.807, 2.05) is 6.08 Å². The van der Waals surface area contributed by atoms with Crippen molar-refractivity contribution in [1.82, 2.24) is 10.2 Å². The maximum atomic E-state index is 5.65. The summed E-state index contributed by atoms with van der Waals surface area (Å²) in [6, 6.07) is 0.737. The van der Waals surface area contributed by atoms with Gasteiger partial charge in [-0.3, -0.25) is 0 Å². The van der Waals surface area contributed by atoms with Gasteiger partial charge in [0.25, 0.3) is 0 Å². The lowest BCUT2D eigenvalue weighted by molar-refractivity contribution is 0.0617. The minimum absolute atomic E-state index is 0.695. The molecule has 0 bridgehead atoms. The van der Waals surface area contributed by atoms with E-state index >= 15 is 0 Å². The first-order valence-corrected chi connectivity index (χ1v) is 8.41.